The number of benzene rings is 1. The molecule has 1 rings (SSSR count). The molecular formula is C10H12BrIO. The van der Waals surface area contributed by atoms with Crippen molar-refractivity contribution in [3.63, 3.8) is 0 Å². The summed E-state index contributed by atoms with van der Waals surface area (Å²) >= 11 is 5.68. The number of alkyl halides is 1. The predicted molar refractivity (Wildman–Crippen MR) is 67.2 cm³/mol. The van der Waals surface area contributed by atoms with Crippen molar-refractivity contribution < 1.29 is 4.74 Å². The van der Waals surface area contributed by atoms with Gasteiger partial charge in [-0.2, -0.15) is 0 Å². The van der Waals surface area contributed by atoms with Gasteiger partial charge in [0, 0.05) is 15.5 Å². The van der Waals surface area contributed by atoms with E-state index in [0.29, 0.717) is 0 Å². The van der Waals surface area contributed by atoms with E-state index >= 15 is 0 Å². The molecular weight excluding hydrogens is 343 g/mol. The Morgan fingerprint density at radius 3 is 2.92 bits per heavy atom. The first-order valence-electron chi connectivity index (χ1n) is 4.21. The second kappa shape index (κ2) is 6.79. The van der Waals surface area contributed by atoms with E-state index < -0.39 is 0 Å². The molecule has 0 heterocycles. The highest BCUT2D eigenvalue weighted by Crippen LogP contribution is 2.08. The van der Waals surface area contributed by atoms with Gasteiger partial charge in [-0.15, -0.1) is 0 Å². The van der Waals surface area contributed by atoms with Crippen LogP contribution in [0.4, 0.5) is 0 Å². The summed E-state index contributed by atoms with van der Waals surface area (Å²) in [5, 5.41) is 1.01. The van der Waals surface area contributed by atoms with E-state index in [-0.39, 0.29) is 0 Å². The fourth-order valence-electron chi connectivity index (χ4n) is 0.973. The summed E-state index contributed by atoms with van der Waals surface area (Å²) in [5.41, 5.74) is 1.25. The lowest BCUT2D eigenvalue weighted by atomic mass is 10.2. The molecule has 3 heteroatoms. The van der Waals surface area contributed by atoms with E-state index in [1.807, 2.05) is 0 Å². The predicted octanol–water partition coefficient (Wildman–Crippen LogP) is 3.59. The van der Waals surface area contributed by atoms with Gasteiger partial charge in [0.25, 0.3) is 0 Å². The van der Waals surface area contributed by atoms with Gasteiger partial charge in [0.1, 0.15) is 0 Å². The van der Waals surface area contributed by atoms with Crippen LogP contribution in [0, 0.1) is 3.57 Å². The van der Waals surface area contributed by atoms with Crippen LogP contribution in [0.3, 0.4) is 0 Å². The van der Waals surface area contributed by atoms with Gasteiger partial charge < -0.3 is 4.74 Å². The van der Waals surface area contributed by atoms with E-state index in [1.54, 1.807) is 0 Å². The Hall–Kier alpha value is 0.390. The molecule has 0 atom stereocenters. The van der Waals surface area contributed by atoms with Crippen LogP contribution in [-0.2, 0) is 11.3 Å². The van der Waals surface area contributed by atoms with Crippen LogP contribution in [0.1, 0.15) is 12.0 Å². The van der Waals surface area contributed by atoms with Gasteiger partial charge in [0.2, 0.25) is 0 Å². The van der Waals surface area contributed by atoms with Gasteiger partial charge in [-0.3, -0.25) is 0 Å². The average Bonchev–Trinajstić information content (AvgIpc) is 2.13. The Kier molecular flexibility index (Phi) is 5.98. The molecule has 0 aliphatic carbocycles. The molecule has 0 saturated carbocycles. The first kappa shape index (κ1) is 11.5. The maximum Gasteiger partial charge on any atom is 0.0717 e. The van der Waals surface area contributed by atoms with Crippen molar-refractivity contribution >= 4 is 38.5 Å². The van der Waals surface area contributed by atoms with Crippen molar-refractivity contribution in [2.24, 2.45) is 0 Å². The molecule has 0 saturated heterocycles. The van der Waals surface area contributed by atoms with E-state index in [9.17, 15) is 0 Å². The Morgan fingerprint density at radius 1 is 1.38 bits per heavy atom. The minimum atomic E-state index is 0.726. The summed E-state index contributed by atoms with van der Waals surface area (Å²) in [7, 11) is 0. The lowest BCUT2D eigenvalue weighted by Gasteiger charge is -2.03. The highest BCUT2D eigenvalue weighted by molar-refractivity contribution is 14.1. The second-order valence-corrected chi connectivity index (χ2v) is 4.76. The summed E-state index contributed by atoms with van der Waals surface area (Å²) in [5.74, 6) is 0. The monoisotopic (exact) mass is 354 g/mol. The van der Waals surface area contributed by atoms with Crippen molar-refractivity contribution in [2.45, 2.75) is 13.0 Å². The van der Waals surface area contributed by atoms with Crippen molar-refractivity contribution in [2.75, 3.05) is 11.9 Å². The molecule has 0 aliphatic heterocycles. The molecule has 72 valence electrons. The number of hydrogen-bond acceptors (Lipinski definition) is 1. The molecule has 0 fully saturated rings. The van der Waals surface area contributed by atoms with Crippen molar-refractivity contribution in [1.29, 1.82) is 0 Å². The van der Waals surface area contributed by atoms with Crippen molar-refractivity contribution in [3.05, 3.63) is 33.4 Å². The molecule has 0 spiro atoms. The maximum absolute atomic E-state index is 5.48. The zero-order valence-electron chi connectivity index (χ0n) is 7.30. The average molecular weight is 355 g/mol. The van der Waals surface area contributed by atoms with Crippen molar-refractivity contribution in [3.8, 4) is 0 Å². The largest absolute Gasteiger partial charge is 0.377 e. The fourth-order valence-corrected chi connectivity index (χ4v) is 1.81. The highest BCUT2D eigenvalue weighted by atomic mass is 127. The zero-order valence-corrected chi connectivity index (χ0v) is 11.0. The number of hydrogen-bond donors (Lipinski definition) is 0. The topological polar surface area (TPSA) is 9.23 Å². The zero-order chi connectivity index (χ0) is 9.52. The third kappa shape index (κ3) is 4.98. The van der Waals surface area contributed by atoms with Crippen LogP contribution in [0.15, 0.2) is 24.3 Å². The Balaban J connectivity index is 2.28. The van der Waals surface area contributed by atoms with Crippen LogP contribution >= 0.6 is 38.5 Å². The molecule has 1 aromatic rings. The molecule has 1 nitrogen and oxygen atoms in total. The van der Waals surface area contributed by atoms with E-state index in [4.69, 9.17) is 4.74 Å². The van der Waals surface area contributed by atoms with Gasteiger partial charge in [0.15, 0.2) is 0 Å². The van der Waals surface area contributed by atoms with Crippen LogP contribution in [0.5, 0.6) is 0 Å². The van der Waals surface area contributed by atoms with Gasteiger partial charge in [0.05, 0.1) is 6.61 Å². The Labute approximate surface area is 101 Å². The molecule has 1 aromatic carbocycles. The summed E-state index contributed by atoms with van der Waals surface area (Å²) in [6, 6.07) is 8.39. The third-order valence-corrected chi connectivity index (χ3v) is 2.81. The lowest BCUT2D eigenvalue weighted by Crippen LogP contribution is -1.95. The number of ether oxygens (including phenoxy) is 1. The third-order valence-electron chi connectivity index (χ3n) is 1.58. The second-order valence-electron chi connectivity index (χ2n) is 2.73. The van der Waals surface area contributed by atoms with Crippen LogP contribution < -0.4 is 0 Å². The fraction of sp³-hybridized carbons (Fsp3) is 0.400. The molecule has 0 unspecified atom stereocenters. The van der Waals surface area contributed by atoms with E-state index in [2.05, 4.69) is 62.8 Å². The van der Waals surface area contributed by atoms with Crippen LogP contribution in [0.2, 0.25) is 0 Å². The molecule has 0 aromatic heterocycles. The van der Waals surface area contributed by atoms with Gasteiger partial charge in [-0.1, -0.05) is 28.1 Å². The molecule has 0 radical (unpaired) electrons. The Bertz CT molecular complexity index is 252. The summed E-state index contributed by atoms with van der Waals surface area (Å²) < 4.78 is 6.74. The SMILES string of the molecule is BrCCCOCc1cccc(I)c1. The van der Waals surface area contributed by atoms with Gasteiger partial charge >= 0.3 is 0 Å². The summed E-state index contributed by atoms with van der Waals surface area (Å²) in [6.45, 7) is 1.56. The first-order chi connectivity index (χ1) is 6.33. The summed E-state index contributed by atoms with van der Waals surface area (Å²) in [4.78, 5) is 0. The smallest absolute Gasteiger partial charge is 0.0717 e. The first-order valence-corrected chi connectivity index (χ1v) is 6.41. The van der Waals surface area contributed by atoms with E-state index in [1.165, 1.54) is 9.13 Å². The normalized spacial score (nSPS) is 10.3. The molecule has 0 bridgehead atoms. The molecule has 0 amide bonds. The van der Waals surface area contributed by atoms with Crippen LogP contribution in [-0.4, -0.2) is 11.9 Å². The molecule has 0 aliphatic rings. The number of rotatable bonds is 5. The minimum absolute atomic E-state index is 0.726. The number of halogens is 2. The highest BCUT2D eigenvalue weighted by Gasteiger charge is 1.93. The summed E-state index contributed by atoms with van der Waals surface area (Å²) in [6.07, 6.45) is 1.07. The standard InChI is InChI=1S/C10H12BrIO/c11-5-2-6-13-8-9-3-1-4-10(12)7-9/h1,3-4,7H,2,5-6,8H2. The quantitative estimate of drug-likeness (QED) is 0.446. The maximum atomic E-state index is 5.48. The van der Waals surface area contributed by atoms with Gasteiger partial charge in [-0.05, 0) is 46.7 Å². The Morgan fingerprint density at radius 2 is 2.23 bits per heavy atom. The van der Waals surface area contributed by atoms with Gasteiger partial charge in [-0.25, -0.2) is 0 Å². The molecule has 13 heavy (non-hydrogen) atoms. The van der Waals surface area contributed by atoms with E-state index in [0.717, 1.165) is 25.0 Å². The van der Waals surface area contributed by atoms with Crippen LogP contribution in [0.25, 0.3) is 0 Å². The lowest BCUT2D eigenvalue weighted by molar-refractivity contribution is 0.122. The van der Waals surface area contributed by atoms with Crippen molar-refractivity contribution in [1.82, 2.24) is 0 Å². The molecule has 0 N–H and O–H groups in total. The minimum Gasteiger partial charge on any atom is -0.377 e.